The number of carbonyl (C=O) groups is 3. The monoisotopic (exact) mass is 551 g/mol. The van der Waals surface area contributed by atoms with Gasteiger partial charge in [-0.1, -0.05) is 56.3 Å². The van der Waals surface area contributed by atoms with Crippen molar-refractivity contribution >= 4 is 23.9 Å². The number of hydrogen-bond donors (Lipinski definition) is 3. The molecular formula is C30H41N5O5. The molecular weight excluding hydrogens is 510 g/mol. The van der Waals surface area contributed by atoms with Gasteiger partial charge in [0.05, 0.1) is 20.3 Å². The van der Waals surface area contributed by atoms with Crippen molar-refractivity contribution < 1.29 is 23.9 Å². The lowest BCUT2D eigenvalue weighted by atomic mass is 9.82. The van der Waals surface area contributed by atoms with Gasteiger partial charge >= 0.3 is 6.09 Å². The molecule has 0 aromatic heterocycles. The number of amides is 3. The molecule has 1 heterocycles. The summed E-state index contributed by atoms with van der Waals surface area (Å²) in [6.07, 6.45) is 0.826. The van der Waals surface area contributed by atoms with Gasteiger partial charge in [0.25, 0.3) is 5.91 Å². The predicted octanol–water partition coefficient (Wildman–Crippen LogP) is 3.64. The van der Waals surface area contributed by atoms with Crippen LogP contribution in [-0.4, -0.2) is 66.5 Å². The first-order chi connectivity index (χ1) is 19.0. The quantitative estimate of drug-likeness (QED) is 0.366. The molecule has 10 nitrogen and oxygen atoms in total. The smallest absolute Gasteiger partial charge is 0.416 e. The van der Waals surface area contributed by atoms with Crippen LogP contribution in [-0.2, 0) is 26.3 Å². The highest BCUT2D eigenvalue weighted by molar-refractivity contribution is 6.08. The van der Waals surface area contributed by atoms with Crippen LogP contribution in [0.5, 0.6) is 5.75 Å². The molecule has 1 aliphatic heterocycles. The molecule has 1 aliphatic rings. The molecule has 3 rings (SSSR count). The number of guanidine groups is 1. The van der Waals surface area contributed by atoms with Crippen LogP contribution in [0.3, 0.4) is 0 Å². The van der Waals surface area contributed by atoms with Gasteiger partial charge in [0.15, 0.2) is 5.96 Å². The summed E-state index contributed by atoms with van der Waals surface area (Å²) < 4.78 is 10.1. The Morgan fingerprint density at radius 3 is 2.42 bits per heavy atom. The van der Waals surface area contributed by atoms with Crippen LogP contribution >= 0.6 is 0 Å². The number of benzene rings is 2. The van der Waals surface area contributed by atoms with Crippen LogP contribution in [0, 0.1) is 11.3 Å². The van der Waals surface area contributed by atoms with E-state index in [-0.39, 0.29) is 30.8 Å². The average molecular weight is 552 g/mol. The number of ether oxygens (including phenoxy) is 2. The number of nitrogens with zero attached hydrogens (tertiary/aromatic N) is 2. The zero-order valence-corrected chi connectivity index (χ0v) is 24.0. The molecule has 0 radical (unpaired) electrons. The van der Waals surface area contributed by atoms with Gasteiger partial charge in [0.2, 0.25) is 5.91 Å². The fraction of sp³-hybridized carbons (Fsp3) is 0.467. The fourth-order valence-electron chi connectivity index (χ4n) is 5.23. The lowest BCUT2D eigenvalue weighted by Gasteiger charge is -2.30. The molecule has 2 aromatic carbocycles. The first-order valence-corrected chi connectivity index (χ1v) is 13.6. The van der Waals surface area contributed by atoms with Gasteiger partial charge in [0, 0.05) is 12.6 Å². The van der Waals surface area contributed by atoms with Crippen molar-refractivity contribution in [2.45, 2.75) is 64.1 Å². The second kappa shape index (κ2) is 13.4. The van der Waals surface area contributed by atoms with Crippen LogP contribution < -0.4 is 15.8 Å². The van der Waals surface area contributed by atoms with Gasteiger partial charge in [-0.15, -0.1) is 0 Å². The summed E-state index contributed by atoms with van der Waals surface area (Å²) in [5.74, 6) is 0.185. The molecule has 10 heteroatoms. The van der Waals surface area contributed by atoms with Crippen LogP contribution in [0.1, 0.15) is 51.2 Å². The van der Waals surface area contributed by atoms with Crippen LogP contribution in [0.25, 0.3) is 0 Å². The Bertz CT molecular complexity index is 1200. The van der Waals surface area contributed by atoms with Crippen molar-refractivity contribution in [1.82, 2.24) is 15.1 Å². The highest BCUT2D eigenvalue weighted by Gasteiger charge is 2.50. The molecule has 3 amide bonds. The van der Waals surface area contributed by atoms with E-state index in [0.717, 1.165) is 16.0 Å². The molecule has 0 saturated carbocycles. The van der Waals surface area contributed by atoms with E-state index in [0.29, 0.717) is 25.0 Å². The molecule has 1 saturated heterocycles. The minimum atomic E-state index is -1.00. The van der Waals surface area contributed by atoms with Crippen LogP contribution in [0.4, 0.5) is 4.79 Å². The Balaban J connectivity index is 1.68. The topological polar surface area (TPSA) is 138 Å². The molecule has 2 aromatic rings. The van der Waals surface area contributed by atoms with Crippen LogP contribution in [0.15, 0.2) is 54.6 Å². The molecule has 0 spiro atoms. The van der Waals surface area contributed by atoms with E-state index in [2.05, 4.69) is 5.32 Å². The Hall–Kier alpha value is -3.92. The van der Waals surface area contributed by atoms with Gasteiger partial charge in [-0.25, -0.2) is 9.69 Å². The first-order valence-electron chi connectivity index (χ1n) is 13.6. The lowest BCUT2D eigenvalue weighted by Crippen LogP contribution is -2.51. The second-order valence-electron chi connectivity index (χ2n) is 10.6. The molecule has 4 N–H and O–H groups in total. The number of nitrogens with two attached hydrogens (primary N) is 1. The van der Waals surface area contributed by atoms with Crippen molar-refractivity contribution in [3.63, 3.8) is 0 Å². The van der Waals surface area contributed by atoms with E-state index in [1.165, 1.54) is 12.0 Å². The largest absolute Gasteiger partial charge is 0.497 e. The Morgan fingerprint density at radius 1 is 1.10 bits per heavy atom. The zero-order valence-electron chi connectivity index (χ0n) is 24.0. The van der Waals surface area contributed by atoms with Gasteiger partial charge in [-0.3, -0.25) is 19.9 Å². The number of imide groups is 1. The average Bonchev–Trinajstić information content (AvgIpc) is 3.17. The Morgan fingerprint density at radius 2 is 1.80 bits per heavy atom. The minimum Gasteiger partial charge on any atom is -0.497 e. The van der Waals surface area contributed by atoms with E-state index >= 15 is 0 Å². The molecule has 3 atom stereocenters. The van der Waals surface area contributed by atoms with E-state index in [1.807, 2.05) is 56.3 Å². The van der Waals surface area contributed by atoms with E-state index in [9.17, 15) is 14.4 Å². The summed E-state index contributed by atoms with van der Waals surface area (Å²) in [6, 6.07) is 15.2. The summed E-state index contributed by atoms with van der Waals surface area (Å²) >= 11 is 0. The maximum absolute atomic E-state index is 13.7. The summed E-state index contributed by atoms with van der Waals surface area (Å²) in [6.45, 7) is 6.10. The fourth-order valence-corrected chi connectivity index (χ4v) is 5.23. The number of nitrogens with one attached hydrogen (secondary N) is 2. The van der Waals surface area contributed by atoms with Gasteiger partial charge in [-0.05, 0) is 61.8 Å². The highest BCUT2D eigenvalue weighted by Crippen LogP contribution is 2.35. The number of rotatable bonds is 12. The maximum atomic E-state index is 13.7. The molecule has 1 fully saturated rings. The van der Waals surface area contributed by atoms with Gasteiger partial charge < -0.3 is 20.5 Å². The summed E-state index contributed by atoms with van der Waals surface area (Å²) in [5, 5.41) is 11.7. The van der Waals surface area contributed by atoms with Crippen molar-refractivity contribution in [2.75, 3.05) is 20.8 Å². The summed E-state index contributed by atoms with van der Waals surface area (Å²) in [5.41, 5.74) is 6.86. The lowest BCUT2D eigenvalue weighted by molar-refractivity contribution is -0.133. The third-order valence-electron chi connectivity index (χ3n) is 7.15. The van der Waals surface area contributed by atoms with Crippen molar-refractivity contribution in [3.8, 4) is 5.75 Å². The van der Waals surface area contributed by atoms with Crippen LogP contribution in [0.2, 0.25) is 0 Å². The molecule has 40 heavy (non-hydrogen) atoms. The first kappa shape index (κ1) is 30.6. The summed E-state index contributed by atoms with van der Waals surface area (Å²) in [4.78, 5) is 42.1. The van der Waals surface area contributed by atoms with E-state index < -0.39 is 29.6 Å². The van der Waals surface area contributed by atoms with Crippen molar-refractivity contribution in [3.05, 3.63) is 65.7 Å². The van der Waals surface area contributed by atoms with Gasteiger partial charge in [-0.2, -0.15) is 0 Å². The SMILES string of the molecule is COC(=O)N(C(=O)[C@@H](N)Cc1cccc(OC)c1)C(C)CCCN1C(=N)NC(CC(C)C)(c2ccccc2)C1=O. The highest BCUT2D eigenvalue weighted by atomic mass is 16.5. The summed E-state index contributed by atoms with van der Waals surface area (Å²) in [7, 11) is 2.78. The van der Waals surface area contributed by atoms with Crippen molar-refractivity contribution in [1.29, 1.82) is 5.41 Å². The normalized spacial score (nSPS) is 18.3. The van der Waals surface area contributed by atoms with Crippen molar-refractivity contribution in [2.24, 2.45) is 11.7 Å². The van der Waals surface area contributed by atoms with E-state index in [1.54, 1.807) is 26.2 Å². The standard InChI is InChI=1S/C30H41N5O5/c1-20(2)19-30(23-13-7-6-8-14-23)27(37)34(28(32)33-30)16-10-11-21(3)35(29(38)40-5)26(36)25(31)18-22-12-9-15-24(17-22)39-4/h6-9,12-15,17,20-21,25H,10-11,16,18-19,31H2,1-5H3,(H2,32,33)/t21?,25-,30?/m0/s1. The van der Waals surface area contributed by atoms with E-state index in [4.69, 9.17) is 20.6 Å². The molecule has 0 bridgehead atoms. The minimum absolute atomic E-state index is 0.0448. The Kier molecular flexibility index (Phi) is 10.3. The molecule has 2 unspecified atom stereocenters. The van der Waals surface area contributed by atoms with Gasteiger partial charge in [0.1, 0.15) is 11.3 Å². The third-order valence-corrected chi connectivity index (χ3v) is 7.15. The number of hydrogen-bond acceptors (Lipinski definition) is 7. The molecule has 0 aliphatic carbocycles. The number of carbonyl (C=O) groups excluding carboxylic acids is 3. The zero-order chi connectivity index (χ0) is 29.4. The maximum Gasteiger partial charge on any atom is 0.416 e. The number of methoxy groups -OCH3 is 2. The second-order valence-corrected chi connectivity index (χ2v) is 10.6. The molecule has 216 valence electrons. The Labute approximate surface area is 236 Å². The predicted molar refractivity (Wildman–Crippen MR) is 153 cm³/mol. The third kappa shape index (κ3) is 6.80.